The molecule has 0 saturated carbocycles. The fraction of sp³-hybridized carbons (Fsp3) is 0.919. The first-order valence-electron chi connectivity index (χ1n) is 18.3. The van der Waals surface area contributed by atoms with E-state index >= 15 is 0 Å². The summed E-state index contributed by atoms with van der Waals surface area (Å²) in [5.74, 6) is -2.31. The number of rotatable bonds is 7. The first-order chi connectivity index (χ1) is 23.1. The van der Waals surface area contributed by atoms with Gasteiger partial charge in [0.05, 0.1) is 35.9 Å². The van der Waals surface area contributed by atoms with Gasteiger partial charge in [-0.2, -0.15) is 0 Å². The van der Waals surface area contributed by atoms with Crippen LogP contribution in [0, 0.1) is 17.8 Å². The van der Waals surface area contributed by atoms with Crippen LogP contribution in [0.3, 0.4) is 0 Å². The highest BCUT2D eigenvalue weighted by Gasteiger charge is 2.56. The lowest BCUT2D eigenvalue weighted by Crippen LogP contribution is -2.60. The van der Waals surface area contributed by atoms with E-state index in [2.05, 4.69) is 0 Å². The zero-order valence-corrected chi connectivity index (χ0v) is 32.4. The van der Waals surface area contributed by atoms with E-state index in [9.17, 15) is 25.2 Å². The molecule has 4 rings (SSSR count). The topological polar surface area (TPSA) is 166 Å². The highest BCUT2D eigenvalue weighted by Crippen LogP contribution is 2.47. The van der Waals surface area contributed by atoms with Gasteiger partial charge in [0, 0.05) is 37.8 Å². The van der Waals surface area contributed by atoms with Gasteiger partial charge >= 0.3 is 5.97 Å². The third-order valence-electron chi connectivity index (χ3n) is 12.0. The second-order valence-corrected chi connectivity index (χ2v) is 16.3. The Morgan fingerprint density at radius 3 is 2.18 bits per heavy atom. The molecule has 13 nitrogen and oxygen atoms in total. The molecule has 290 valence electrons. The van der Waals surface area contributed by atoms with Gasteiger partial charge < -0.3 is 58.5 Å². The molecule has 2 bridgehead atoms. The fourth-order valence-corrected chi connectivity index (χ4v) is 8.73. The summed E-state index contributed by atoms with van der Waals surface area (Å²) in [6.07, 6.45) is -7.39. The molecule has 3 fully saturated rings. The highest BCUT2D eigenvalue weighted by molar-refractivity contribution is 5.73. The Morgan fingerprint density at radius 2 is 1.60 bits per heavy atom. The maximum absolute atomic E-state index is 14.1. The number of aliphatic hydroxyl groups excluding tert-OH is 3. The molecule has 0 spiro atoms. The van der Waals surface area contributed by atoms with Gasteiger partial charge in [0.25, 0.3) is 0 Å². The SMILES string of the molecule is CC[C@H]1OC(=O)[C@H](C)[C@@H](O[C@H]2C[C@@](C)(OC)[C@@H](O)[C@H](C)O2)[C@H](C)[C@@H](O[C@@H]2O[C@H](C)C[C@H](N(C)C)[C@H]2O)[C@]2(C)CC(C)=C(O2)[C@H](C)[C@@H](O)[C@]1(C)O. The summed E-state index contributed by atoms with van der Waals surface area (Å²) < 4.78 is 44.6. The zero-order valence-electron chi connectivity index (χ0n) is 32.4. The van der Waals surface area contributed by atoms with Gasteiger partial charge in [-0.1, -0.05) is 20.8 Å². The van der Waals surface area contributed by atoms with Crippen LogP contribution in [-0.2, 0) is 38.0 Å². The summed E-state index contributed by atoms with van der Waals surface area (Å²) in [7, 11) is 5.34. The molecule has 0 aromatic carbocycles. The van der Waals surface area contributed by atoms with Crippen molar-refractivity contribution in [1.29, 1.82) is 0 Å². The largest absolute Gasteiger partial charge is 0.489 e. The van der Waals surface area contributed by atoms with E-state index in [1.165, 1.54) is 14.0 Å². The Hall–Kier alpha value is -1.39. The first-order valence-corrected chi connectivity index (χ1v) is 18.3. The van der Waals surface area contributed by atoms with Crippen molar-refractivity contribution in [3.63, 3.8) is 0 Å². The number of hydrogen-bond acceptors (Lipinski definition) is 13. The average Bonchev–Trinajstić information content (AvgIpc) is 3.37. The third-order valence-corrected chi connectivity index (χ3v) is 12.0. The number of methoxy groups -OCH3 is 1. The summed E-state index contributed by atoms with van der Waals surface area (Å²) in [6.45, 7) is 18.0. The van der Waals surface area contributed by atoms with Crippen molar-refractivity contribution in [3.05, 3.63) is 11.3 Å². The zero-order chi connectivity index (χ0) is 37.7. The lowest BCUT2D eigenvalue weighted by molar-refractivity contribution is -0.316. The van der Waals surface area contributed by atoms with Crippen molar-refractivity contribution in [1.82, 2.24) is 4.90 Å². The number of esters is 1. The summed E-state index contributed by atoms with van der Waals surface area (Å²) in [6, 6.07) is -0.235. The van der Waals surface area contributed by atoms with Crippen molar-refractivity contribution < 1.29 is 58.4 Å². The maximum Gasteiger partial charge on any atom is 0.311 e. The van der Waals surface area contributed by atoms with E-state index in [0.29, 0.717) is 18.6 Å². The van der Waals surface area contributed by atoms with Crippen LogP contribution in [0.5, 0.6) is 0 Å². The number of nitrogens with zero attached hydrogens (tertiary/aromatic N) is 1. The second kappa shape index (κ2) is 15.5. The van der Waals surface area contributed by atoms with Crippen molar-refractivity contribution in [2.75, 3.05) is 21.2 Å². The van der Waals surface area contributed by atoms with Crippen LogP contribution in [0.4, 0.5) is 0 Å². The molecule has 50 heavy (non-hydrogen) atoms. The fourth-order valence-electron chi connectivity index (χ4n) is 8.73. The quantitative estimate of drug-likeness (QED) is 0.285. The minimum absolute atomic E-state index is 0.173. The van der Waals surface area contributed by atoms with Crippen molar-refractivity contribution in [2.45, 2.75) is 179 Å². The number of hydrogen-bond donors (Lipinski definition) is 4. The minimum Gasteiger partial charge on any atom is -0.489 e. The molecule has 0 aromatic heterocycles. The van der Waals surface area contributed by atoms with E-state index < -0.39 is 95.8 Å². The summed E-state index contributed by atoms with van der Waals surface area (Å²) >= 11 is 0. The van der Waals surface area contributed by atoms with Gasteiger partial charge in [-0.3, -0.25) is 4.79 Å². The number of likely N-dealkylation sites (N-methyl/N-ethyl adjacent to an activating group) is 1. The molecule has 0 unspecified atom stereocenters. The van der Waals surface area contributed by atoms with Crippen molar-refractivity contribution >= 4 is 5.97 Å². The van der Waals surface area contributed by atoms with Crippen LogP contribution in [0.1, 0.15) is 94.9 Å². The van der Waals surface area contributed by atoms with Gasteiger partial charge in [0.15, 0.2) is 12.6 Å². The third kappa shape index (κ3) is 7.93. The van der Waals surface area contributed by atoms with Crippen LogP contribution in [0.25, 0.3) is 0 Å². The Balaban J connectivity index is 1.84. The van der Waals surface area contributed by atoms with E-state index in [4.69, 9.17) is 33.2 Å². The molecule has 0 aromatic rings. The molecule has 4 heterocycles. The molecule has 0 amide bonds. The predicted molar refractivity (Wildman–Crippen MR) is 184 cm³/mol. The number of carbonyl (C=O) groups is 1. The molecule has 3 saturated heterocycles. The number of fused-ring (bicyclic) bond motifs is 2. The van der Waals surface area contributed by atoms with Gasteiger partial charge in [-0.05, 0) is 81.0 Å². The molecule has 0 aliphatic carbocycles. The molecular formula is C37H65NO12. The van der Waals surface area contributed by atoms with Crippen molar-refractivity contribution in [3.8, 4) is 0 Å². The van der Waals surface area contributed by atoms with Gasteiger partial charge in [-0.25, -0.2) is 0 Å². The normalized spacial score (nSPS) is 49.5. The lowest BCUT2D eigenvalue weighted by Gasteiger charge is -2.48. The Bertz CT molecular complexity index is 1210. The summed E-state index contributed by atoms with van der Waals surface area (Å²) in [5, 5.41) is 45.9. The minimum atomic E-state index is -1.82. The Labute approximate surface area is 298 Å². The Kier molecular flexibility index (Phi) is 12.8. The van der Waals surface area contributed by atoms with Gasteiger partial charge in [-0.15, -0.1) is 0 Å². The number of cyclic esters (lactones) is 1. The summed E-state index contributed by atoms with van der Waals surface area (Å²) in [4.78, 5) is 16.1. The van der Waals surface area contributed by atoms with Crippen molar-refractivity contribution in [2.24, 2.45) is 17.8 Å². The van der Waals surface area contributed by atoms with Gasteiger partial charge in [0.1, 0.15) is 41.4 Å². The molecule has 17 atom stereocenters. The predicted octanol–water partition coefficient (Wildman–Crippen LogP) is 2.89. The maximum atomic E-state index is 14.1. The van der Waals surface area contributed by atoms with E-state index in [1.807, 2.05) is 46.7 Å². The molecule has 4 aliphatic heterocycles. The van der Waals surface area contributed by atoms with Gasteiger partial charge in [0.2, 0.25) is 0 Å². The standard InChI is InChI=1S/C37H65NO12/c1-14-25-37(10,43)30(40)20(4)28-18(2)16-36(9,50-28)32(49-34-27(39)24(38(11)12)15-19(3)45-34)21(5)29(22(6)33(42)47-25)48-26-17-35(8,44-13)31(41)23(7)46-26/h19-27,29-32,34,39-41,43H,14-17H2,1-13H3/t19-,20+,21+,22-,23+,24+,25-,26+,27-,29+,30-,31+,32-,34+,35-,36+,37-/m1/s1. The molecule has 0 radical (unpaired) electrons. The lowest BCUT2D eigenvalue weighted by atomic mass is 9.78. The number of ether oxygens (including phenoxy) is 7. The van der Waals surface area contributed by atoms with Crippen LogP contribution >= 0.6 is 0 Å². The molecule has 13 heteroatoms. The van der Waals surface area contributed by atoms with Crippen LogP contribution < -0.4 is 0 Å². The van der Waals surface area contributed by atoms with E-state index in [-0.39, 0.29) is 25.0 Å². The monoisotopic (exact) mass is 715 g/mol. The smallest absolute Gasteiger partial charge is 0.311 e. The van der Waals surface area contributed by atoms with Crippen LogP contribution in [-0.4, -0.2) is 137 Å². The first kappa shape index (κ1) is 41.4. The Morgan fingerprint density at radius 1 is 0.960 bits per heavy atom. The van der Waals surface area contributed by atoms with Crippen LogP contribution in [0.15, 0.2) is 11.3 Å². The number of aliphatic hydroxyl groups is 4. The molecular weight excluding hydrogens is 650 g/mol. The average molecular weight is 716 g/mol. The second-order valence-electron chi connectivity index (χ2n) is 16.3. The van der Waals surface area contributed by atoms with E-state index in [1.54, 1.807) is 34.6 Å². The molecule has 4 aliphatic rings. The summed E-state index contributed by atoms with van der Waals surface area (Å²) in [5.41, 5.74) is -3.00. The number of carbonyl (C=O) groups excluding carboxylic acids is 1. The molecule has 4 N–H and O–H groups in total. The van der Waals surface area contributed by atoms with E-state index in [0.717, 1.165) is 5.57 Å². The van der Waals surface area contributed by atoms with Crippen LogP contribution in [0.2, 0.25) is 0 Å². The highest BCUT2D eigenvalue weighted by atomic mass is 16.7.